The fraction of sp³-hybridized carbons (Fsp3) is 0.625. The summed E-state index contributed by atoms with van der Waals surface area (Å²) in [5.41, 5.74) is 1.50. The number of hydrogen-bond donors (Lipinski definition) is 1. The molecule has 18 heavy (non-hydrogen) atoms. The second kappa shape index (κ2) is 5.41. The van der Waals surface area contributed by atoms with Crippen LogP contribution < -0.4 is 5.32 Å². The highest BCUT2D eigenvalue weighted by Gasteiger charge is 2.47. The molecule has 0 spiro atoms. The zero-order chi connectivity index (χ0) is 12.4. The van der Waals surface area contributed by atoms with Crippen LogP contribution in [0.4, 0.5) is 0 Å². The molecule has 2 aliphatic rings. The summed E-state index contributed by atoms with van der Waals surface area (Å²) in [4.78, 5) is 0. The van der Waals surface area contributed by atoms with Crippen LogP contribution in [0.2, 0.25) is 0 Å². The van der Waals surface area contributed by atoms with Crippen molar-refractivity contribution in [2.24, 2.45) is 5.92 Å². The van der Waals surface area contributed by atoms with Crippen molar-refractivity contribution in [2.45, 2.75) is 44.2 Å². The van der Waals surface area contributed by atoms with Crippen molar-refractivity contribution >= 4 is 0 Å². The van der Waals surface area contributed by atoms with Crippen molar-refractivity contribution in [3.05, 3.63) is 35.9 Å². The van der Waals surface area contributed by atoms with E-state index in [4.69, 9.17) is 4.74 Å². The quantitative estimate of drug-likeness (QED) is 0.861. The van der Waals surface area contributed by atoms with Crippen molar-refractivity contribution in [3.8, 4) is 0 Å². The topological polar surface area (TPSA) is 21.3 Å². The number of likely N-dealkylation sites (N-methyl/N-ethyl adjacent to an activating group) is 1. The molecule has 0 radical (unpaired) electrons. The summed E-state index contributed by atoms with van der Waals surface area (Å²) in [6, 6.07) is 11.5. The molecule has 98 valence electrons. The van der Waals surface area contributed by atoms with Crippen molar-refractivity contribution in [1.82, 2.24) is 5.32 Å². The smallest absolute Gasteiger partial charge is 0.0731 e. The van der Waals surface area contributed by atoms with Crippen molar-refractivity contribution < 1.29 is 4.74 Å². The van der Waals surface area contributed by atoms with E-state index in [1.807, 2.05) is 0 Å². The number of hydrogen-bond acceptors (Lipinski definition) is 2. The minimum absolute atomic E-state index is 0.448. The highest BCUT2D eigenvalue weighted by Crippen LogP contribution is 2.51. The lowest BCUT2D eigenvalue weighted by Gasteiger charge is -2.24. The van der Waals surface area contributed by atoms with Crippen molar-refractivity contribution in [3.63, 3.8) is 0 Å². The van der Waals surface area contributed by atoms with E-state index < -0.39 is 0 Å². The van der Waals surface area contributed by atoms with Gasteiger partial charge in [-0.3, -0.25) is 0 Å². The number of benzene rings is 1. The molecule has 0 aromatic heterocycles. The summed E-state index contributed by atoms with van der Waals surface area (Å²) >= 11 is 0. The zero-order valence-electron chi connectivity index (χ0n) is 11.1. The summed E-state index contributed by atoms with van der Waals surface area (Å²) in [6.45, 7) is 4.19. The van der Waals surface area contributed by atoms with E-state index in [9.17, 15) is 0 Å². The summed E-state index contributed by atoms with van der Waals surface area (Å²) in [6.07, 6.45) is 4.23. The minimum atomic E-state index is 0.448. The van der Waals surface area contributed by atoms with Crippen molar-refractivity contribution in [1.29, 1.82) is 0 Å². The van der Waals surface area contributed by atoms with Crippen LogP contribution >= 0.6 is 0 Å². The summed E-state index contributed by atoms with van der Waals surface area (Å²) in [5.74, 6) is 1.52. The summed E-state index contributed by atoms with van der Waals surface area (Å²) < 4.78 is 5.89. The molecular weight excluding hydrogens is 222 g/mol. The predicted octanol–water partition coefficient (Wildman–Crippen LogP) is 2.95. The largest absolute Gasteiger partial charge is 0.377 e. The molecule has 1 N–H and O–H groups in total. The molecule has 4 unspecified atom stereocenters. The first-order valence-electron chi connectivity index (χ1n) is 7.30. The van der Waals surface area contributed by atoms with Gasteiger partial charge in [0.15, 0.2) is 0 Å². The number of nitrogens with one attached hydrogen (secondary N) is 1. The second-order valence-electron chi connectivity index (χ2n) is 5.55. The maximum Gasteiger partial charge on any atom is 0.0731 e. The molecule has 1 heterocycles. The van der Waals surface area contributed by atoms with E-state index in [0.717, 1.165) is 25.0 Å². The average Bonchev–Trinajstić information content (AvgIpc) is 3.02. The van der Waals surface area contributed by atoms with Crippen LogP contribution in [0.1, 0.15) is 37.7 Å². The Balaban J connectivity index is 1.66. The minimum Gasteiger partial charge on any atom is -0.377 e. The van der Waals surface area contributed by atoms with Gasteiger partial charge < -0.3 is 10.1 Å². The molecule has 0 bridgehead atoms. The molecule has 1 aliphatic heterocycles. The van der Waals surface area contributed by atoms with Crippen LogP contribution in [0.3, 0.4) is 0 Å². The molecule has 2 nitrogen and oxygen atoms in total. The molecule has 1 saturated heterocycles. The molecule has 1 aromatic carbocycles. The van der Waals surface area contributed by atoms with Gasteiger partial charge >= 0.3 is 0 Å². The van der Waals surface area contributed by atoms with Crippen LogP contribution in [0.25, 0.3) is 0 Å². The molecule has 0 amide bonds. The SMILES string of the molecule is CCNC(C1CCCO1)C1CC1c1ccccc1. The number of rotatable bonds is 5. The van der Waals surface area contributed by atoms with E-state index in [1.165, 1.54) is 24.8 Å². The van der Waals surface area contributed by atoms with Crippen LogP contribution in [0.15, 0.2) is 30.3 Å². The normalized spacial score (nSPS) is 32.4. The molecule has 2 heteroatoms. The Morgan fingerprint density at radius 1 is 1.33 bits per heavy atom. The van der Waals surface area contributed by atoms with E-state index in [2.05, 4.69) is 42.6 Å². The Kier molecular flexibility index (Phi) is 3.67. The molecule has 1 aliphatic carbocycles. The Morgan fingerprint density at radius 3 is 2.83 bits per heavy atom. The Hall–Kier alpha value is -0.860. The molecule has 1 saturated carbocycles. The third-order valence-electron chi connectivity index (χ3n) is 4.33. The lowest BCUT2D eigenvalue weighted by Crippen LogP contribution is -2.41. The first-order valence-corrected chi connectivity index (χ1v) is 7.30. The summed E-state index contributed by atoms with van der Waals surface area (Å²) in [7, 11) is 0. The monoisotopic (exact) mass is 245 g/mol. The molecule has 1 aromatic rings. The molecular formula is C16H23NO. The van der Waals surface area contributed by atoms with Gasteiger partial charge in [-0.15, -0.1) is 0 Å². The van der Waals surface area contributed by atoms with Gasteiger partial charge in [0.2, 0.25) is 0 Å². The van der Waals surface area contributed by atoms with Crippen LogP contribution in [0.5, 0.6) is 0 Å². The lowest BCUT2D eigenvalue weighted by atomic mass is 9.99. The van der Waals surface area contributed by atoms with E-state index in [1.54, 1.807) is 0 Å². The zero-order valence-corrected chi connectivity index (χ0v) is 11.1. The van der Waals surface area contributed by atoms with Gasteiger partial charge in [-0.05, 0) is 43.2 Å². The van der Waals surface area contributed by atoms with E-state index in [-0.39, 0.29) is 0 Å². The average molecular weight is 245 g/mol. The maximum atomic E-state index is 5.89. The standard InChI is InChI=1S/C16H23NO/c1-2-17-16(15-9-6-10-18-15)14-11-13(14)12-7-4-3-5-8-12/h3-5,7-8,13-17H,2,6,9-11H2,1H3. The molecule has 3 rings (SSSR count). The Labute approximate surface area is 110 Å². The van der Waals surface area contributed by atoms with Gasteiger partial charge in [0.1, 0.15) is 0 Å². The third kappa shape index (κ3) is 2.45. The highest BCUT2D eigenvalue weighted by atomic mass is 16.5. The Morgan fingerprint density at radius 2 is 2.17 bits per heavy atom. The third-order valence-corrected chi connectivity index (χ3v) is 4.33. The van der Waals surface area contributed by atoms with Gasteiger partial charge in [-0.2, -0.15) is 0 Å². The molecule has 4 atom stereocenters. The predicted molar refractivity (Wildman–Crippen MR) is 73.7 cm³/mol. The van der Waals surface area contributed by atoms with Gasteiger partial charge in [0.05, 0.1) is 6.10 Å². The number of ether oxygens (including phenoxy) is 1. The van der Waals surface area contributed by atoms with Gasteiger partial charge in [-0.25, -0.2) is 0 Å². The molecule has 2 fully saturated rings. The van der Waals surface area contributed by atoms with Crippen LogP contribution in [-0.4, -0.2) is 25.3 Å². The first kappa shape index (κ1) is 12.2. The summed E-state index contributed by atoms with van der Waals surface area (Å²) in [5, 5.41) is 3.66. The fourth-order valence-corrected chi connectivity index (χ4v) is 3.38. The maximum absolute atomic E-state index is 5.89. The van der Waals surface area contributed by atoms with Gasteiger partial charge in [0, 0.05) is 12.6 Å². The van der Waals surface area contributed by atoms with Gasteiger partial charge in [0.25, 0.3) is 0 Å². The lowest BCUT2D eigenvalue weighted by molar-refractivity contribution is 0.0712. The van der Waals surface area contributed by atoms with Crippen LogP contribution in [0, 0.1) is 5.92 Å². The highest BCUT2D eigenvalue weighted by molar-refractivity contribution is 5.27. The van der Waals surface area contributed by atoms with E-state index >= 15 is 0 Å². The van der Waals surface area contributed by atoms with E-state index in [0.29, 0.717) is 12.1 Å². The van der Waals surface area contributed by atoms with Crippen molar-refractivity contribution in [2.75, 3.05) is 13.2 Å². The second-order valence-corrected chi connectivity index (χ2v) is 5.55. The fourth-order valence-electron chi connectivity index (χ4n) is 3.38. The van der Waals surface area contributed by atoms with Crippen LogP contribution in [-0.2, 0) is 4.74 Å². The Bertz CT molecular complexity index is 372. The van der Waals surface area contributed by atoms with Gasteiger partial charge in [-0.1, -0.05) is 37.3 Å². The first-order chi connectivity index (χ1) is 8.90.